The molecule has 28 heavy (non-hydrogen) atoms. The summed E-state index contributed by atoms with van der Waals surface area (Å²) in [4.78, 5) is 4.55. The molecule has 0 amide bonds. The van der Waals surface area contributed by atoms with Crippen LogP contribution < -0.4 is 0 Å². The summed E-state index contributed by atoms with van der Waals surface area (Å²) in [5.74, 6) is 0.975. The van der Waals surface area contributed by atoms with Crippen molar-refractivity contribution in [3.05, 3.63) is 54.6 Å². The van der Waals surface area contributed by atoms with E-state index < -0.39 is 10.0 Å². The zero-order valence-electron chi connectivity index (χ0n) is 15.4. The van der Waals surface area contributed by atoms with Gasteiger partial charge in [0.25, 0.3) is 0 Å². The number of aromatic nitrogens is 3. The first kappa shape index (κ1) is 19.1. The second-order valence-corrected chi connectivity index (χ2v) is 9.81. The number of thioether (sulfide) groups is 1. The lowest BCUT2D eigenvalue weighted by Crippen LogP contribution is -2.27. The van der Waals surface area contributed by atoms with Crippen molar-refractivity contribution in [3.63, 3.8) is 0 Å². The lowest BCUT2D eigenvalue weighted by atomic mass is 10.2. The van der Waals surface area contributed by atoms with Gasteiger partial charge in [0.2, 0.25) is 21.8 Å². The molecule has 0 unspecified atom stereocenters. The molecule has 1 aliphatic heterocycles. The topological polar surface area (TPSA) is 89.2 Å². The minimum atomic E-state index is -3.44. The van der Waals surface area contributed by atoms with Crippen LogP contribution in [0.25, 0.3) is 11.5 Å². The molecule has 1 saturated heterocycles. The van der Waals surface area contributed by atoms with Gasteiger partial charge in [-0.1, -0.05) is 30.0 Å². The number of pyridine rings is 1. The van der Waals surface area contributed by atoms with Gasteiger partial charge in [0, 0.05) is 24.8 Å². The van der Waals surface area contributed by atoms with Gasteiger partial charge in [-0.15, -0.1) is 10.2 Å². The summed E-state index contributed by atoms with van der Waals surface area (Å²) >= 11 is 1.44. The third-order valence-electron chi connectivity index (χ3n) is 4.52. The fourth-order valence-electron chi connectivity index (χ4n) is 2.99. The second-order valence-electron chi connectivity index (χ2n) is 6.51. The minimum Gasteiger partial charge on any atom is -0.419 e. The van der Waals surface area contributed by atoms with Crippen molar-refractivity contribution in [3.8, 4) is 11.5 Å². The van der Waals surface area contributed by atoms with E-state index in [0.717, 1.165) is 18.4 Å². The van der Waals surface area contributed by atoms with Gasteiger partial charge in [0.15, 0.2) is 0 Å². The first-order valence-electron chi connectivity index (χ1n) is 9.06. The molecule has 7 nitrogen and oxygen atoms in total. The standard InChI is InChI=1S/C19H20N4O3S2/c1-14(18-21-22-19(26-18)15-7-3-2-4-8-15)27-17-10-9-16(13-20-17)28(24,25)23-11-5-6-12-23/h2-4,7-10,13-14H,5-6,11-12H2,1H3/t14-/m0/s1. The predicted octanol–water partition coefficient (Wildman–Crippen LogP) is 3.77. The highest BCUT2D eigenvalue weighted by Gasteiger charge is 2.27. The average Bonchev–Trinajstić information content (AvgIpc) is 3.42. The number of benzene rings is 1. The van der Waals surface area contributed by atoms with Crippen molar-refractivity contribution in [2.45, 2.75) is 34.9 Å². The zero-order chi connectivity index (χ0) is 19.6. The molecule has 2 aromatic heterocycles. The third-order valence-corrected chi connectivity index (χ3v) is 7.44. The van der Waals surface area contributed by atoms with Crippen LogP contribution in [-0.4, -0.2) is 41.0 Å². The molecule has 4 rings (SSSR count). The Morgan fingerprint density at radius 3 is 2.50 bits per heavy atom. The monoisotopic (exact) mass is 416 g/mol. The van der Waals surface area contributed by atoms with Gasteiger partial charge in [-0.05, 0) is 44.0 Å². The largest absolute Gasteiger partial charge is 0.419 e. The molecule has 9 heteroatoms. The van der Waals surface area contributed by atoms with E-state index in [2.05, 4.69) is 15.2 Å². The van der Waals surface area contributed by atoms with Gasteiger partial charge in [0.1, 0.15) is 4.90 Å². The van der Waals surface area contributed by atoms with Crippen molar-refractivity contribution in [2.75, 3.05) is 13.1 Å². The smallest absolute Gasteiger partial charge is 0.247 e. The van der Waals surface area contributed by atoms with Gasteiger partial charge < -0.3 is 4.42 Å². The fourth-order valence-corrected chi connectivity index (χ4v) is 5.28. The highest BCUT2D eigenvalue weighted by Crippen LogP contribution is 2.34. The van der Waals surface area contributed by atoms with Crippen LogP contribution in [0.3, 0.4) is 0 Å². The summed E-state index contributed by atoms with van der Waals surface area (Å²) in [7, 11) is -3.44. The van der Waals surface area contributed by atoms with E-state index >= 15 is 0 Å². The lowest BCUT2D eigenvalue weighted by Gasteiger charge is -2.15. The molecule has 0 radical (unpaired) electrons. The van der Waals surface area contributed by atoms with E-state index in [1.54, 1.807) is 12.1 Å². The molecular weight excluding hydrogens is 396 g/mol. The summed E-state index contributed by atoms with van der Waals surface area (Å²) in [6.45, 7) is 3.11. The van der Waals surface area contributed by atoms with Gasteiger partial charge in [-0.3, -0.25) is 0 Å². The molecule has 1 atom stereocenters. The lowest BCUT2D eigenvalue weighted by molar-refractivity contribution is 0.477. The van der Waals surface area contributed by atoms with E-state index in [4.69, 9.17) is 4.42 Å². The highest BCUT2D eigenvalue weighted by atomic mass is 32.2. The molecule has 1 aromatic carbocycles. The van der Waals surface area contributed by atoms with Crippen LogP contribution in [0.15, 0.2) is 63.0 Å². The molecule has 0 aliphatic carbocycles. The Morgan fingerprint density at radius 1 is 1.07 bits per heavy atom. The summed E-state index contributed by atoms with van der Waals surface area (Å²) in [5.41, 5.74) is 0.869. The van der Waals surface area contributed by atoms with Crippen molar-refractivity contribution < 1.29 is 12.8 Å². The predicted molar refractivity (Wildman–Crippen MR) is 106 cm³/mol. The normalized spacial score (nSPS) is 16.3. The Kier molecular flexibility index (Phi) is 5.47. The first-order chi connectivity index (χ1) is 13.5. The van der Waals surface area contributed by atoms with Crippen LogP contribution in [-0.2, 0) is 10.0 Å². The Morgan fingerprint density at radius 2 is 1.82 bits per heavy atom. The molecule has 3 aromatic rings. The Labute approximate surface area is 168 Å². The molecule has 1 aliphatic rings. The number of rotatable bonds is 6. The van der Waals surface area contributed by atoms with E-state index in [1.165, 1.54) is 22.3 Å². The quantitative estimate of drug-likeness (QED) is 0.565. The number of hydrogen-bond acceptors (Lipinski definition) is 7. The summed E-state index contributed by atoms with van der Waals surface area (Å²) in [6.07, 6.45) is 3.24. The van der Waals surface area contributed by atoms with Gasteiger partial charge in [0.05, 0.1) is 10.3 Å². The van der Waals surface area contributed by atoms with Crippen molar-refractivity contribution in [2.24, 2.45) is 0 Å². The van der Waals surface area contributed by atoms with Gasteiger partial charge in [-0.25, -0.2) is 13.4 Å². The molecular formula is C19H20N4O3S2. The van der Waals surface area contributed by atoms with Crippen LogP contribution in [0.1, 0.15) is 30.9 Å². The van der Waals surface area contributed by atoms with Gasteiger partial charge >= 0.3 is 0 Å². The van der Waals surface area contributed by atoms with E-state index in [1.807, 2.05) is 37.3 Å². The Bertz CT molecular complexity index is 1030. The van der Waals surface area contributed by atoms with Crippen molar-refractivity contribution >= 4 is 21.8 Å². The number of sulfonamides is 1. The molecule has 3 heterocycles. The van der Waals surface area contributed by atoms with Crippen LogP contribution in [0.5, 0.6) is 0 Å². The van der Waals surface area contributed by atoms with Crippen LogP contribution >= 0.6 is 11.8 Å². The average molecular weight is 417 g/mol. The molecule has 0 spiro atoms. The van der Waals surface area contributed by atoms with Gasteiger partial charge in [-0.2, -0.15) is 4.31 Å². The maximum Gasteiger partial charge on any atom is 0.247 e. The second kappa shape index (κ2) is 8.02. The molecule has 146 valence electrons. The Balaban J connectivity index is 1.45. The Hall–Kier alpha value is -2.23. The highest BCUT2D eigenvalue weighted by molar-refractivity contribution is 7.99. The van der Waals surface area contributed by atoms with Crippen LogP contribution in [0.4, 0.5) is 0 Å². The third kappa shape index (κ3) is 3.96. The molecule has 0 N–H and O–H groups in total. The molecule has 0 saturated carbocycles. The first-order valence-corrected chi connectivity index (χ1v) is 11.4. The van der Waals surface area contributed by atoms with E-state index in [-0.39, 0.29) is 10.1 Å². The van der Waals surface area contributed by atoms with Crippen molar-refractivity contribution in [1.29, 1.82) is 0 Å². The maximum absolute atomic E-state index is 12.6. The number of hydrogen-bond donors (Lipinski definition) is 0. The van der Waals surface area contributed by atoms with E-state index in [9.17, 15) is 8.42 Å². The van der Waals surface area contributed by atoms with Crippen LogP contribution in [0.2, 0.25) is 0 Å². The molecule has 0 bridgehead atoms. The summed E-state index contributed by atoms with van der Waals surface area (Å²) in [6, 6.07) is 12.9. The summed E-state index contributed by atoms with van der Waals surface area (Å²) < 4.78 is 32.4. The fraction of sp³-hybridized carbons (Fsp3) is 0.316. The maximum atomic E-state index is 12.6. The van der Waals surface area contributed by atoms with E-state index in [0.29, 0.717) is 29.9 Å². The van der Waals surface area contributed by atoms with Crippen molar-refractivity contribution in [1.82, 2.24) is 19.5 Å². The number of nitrogens with zero attached hydrogens (tertiary/aromatic N) is 4. The minimum absolute atomic E-state index is 0.112. The molecule has 1 fully saturated rings. The SMILES string of the molecule is C[C@H](Sc1ccc(S(=O)(=O)N2CCCC2)cn1)c1nnc(-c2ccccc2)o1. The summed E-state index contributed by atoms with van der Waals surface area (Å²) in [5, 5.41) is 8.82. The zero-order valence-corrected chi connectivity index (χ0v) is 17.0. The van der Waals surface area contributed by atoms with Crippen LogP contribution in [0, 0.1) is 0 Å².